The number of hydrogen-bond donors (Lipinski definition) is 1. The smallest absolute Gasteiger partial charge is 0.409 e. The molecule has 8 nitrogen and oxygen atoms in total. The van der Waals surface area contributed by atoms with Gasteiger partial charge in [-0.3, -0.25) is 9.59 Å². The normalized spacial score (nSPS) is 13.8. The van der Waals surface area contributed by atoms with Gasteiger partial charge in [0.05, 0.1) is 18.2 Å². The van der Waals surface area contributed by atoms with Crippen LogP contribution in [0.25, 0.3) is 0 Å². The lowest BCUT2D eigenvalue weighted by Crippen LogP contribution is -2.51. The second-order valence-electron chi connectivity index (χ2n) is 5.48. The van der Waals surface area contributed by atoms with Crippen molar-refractivity contribution in [3.63, 3.8) is 0 Å². The minimum atomic E-state index is -0.437. The van der Waals surface area contributed by atoms with Crippen LogP contribution in [0, 0.1) is 11.3 Å². The van der Waals surface area contributed by atoms with E-state index in [1.165, 1.54) is 0 Å². The molecular formula is C17H20N4O4. The van der Waals surface area contributed by atoms with E-state index in [1.54, 1.807) is 41.0 Å². The summed E-state index contributed by atoms with van der Waals surface area (Å²) in [5.74, 6) is -0.731. The van der Waals surface area contributed by atoms with Gasteiger partial charge >= 0.3 is 6.09 Å². The van der Waals surface area contributed by atoms with Gasteiger partial charge in [0.1, 0.15) is 6.42 Å². The van der Waals surface area contributed by atoms with Crippen molar-refractivity contribution in [2.45, 2.75) is 13.3 Å². The van der Waals surface area contributed by atoms with E-state index in [0.717, 1.165) is 0 Å². The van der Waals surface area contributed by atoms with Crippen LogP contribution in [0.3, 0.4) is 0 Å². The zero-order valence-electron chi connectivity index (χ0n) is 14.0. The van der Waals surface area contributed by atoms with E-state index < -0.39 is 5.91 Å². The van der Waals surface area contributed by atoms with Gasteiger partial charge in [-0.25, -0.2) is 4.79 Å². The molecule has 1 aromatic rings. The minimum absolute atomic E-state index is 0.282. The summed E-state index contributed by atoms with van der Waals surface area (Å²) in [7, 11) is 0. The van der Waals surface area contributed by atoms with Crippen LogP contribution in [0.1, 0.15) is 18.9 Å². The molecular weight excluding hydrogens is 324 g/mol. The monoisotopic (exact) mass is 344 g/mol. The van der Waals surface area contributed by atoms with Crippen molar-refractivity contribution in [3.05, 3.63) is 29.8 Å². The van der Waals surface area contributed by atoms with E-state index in [1.807, 2.05) is 6.07 Å². The highest BCUT2D eigenvalue weighted by molar-refractivity contribution is 6.03. The van der Waals surface area contributed by atoms with Gasteiger partial charge in [0, 0.05) is 31.9 Å². The Hall–Kier alpha value is -3.08. The zero-order chi connectivity index (χ0) is 18.2. The fraction of sp³-hybridized carbons (Fsp3) is 0.412. The molecule has 1 aliphatic heterocycles. The Bertz CT molecular complexity index is 690. The summed E-state index contributed by atoms with van der Waals surface area (Å²) in [5, 5.41) is 11.5. The number of amides is 3. The third-order valence-electron chi connectivity index (χ3n) is 3.75. The van der Waals surface area contributed by atoms with Gasteiger partial charge in [0.15, 0.2) is 0 Å². The van der Waals surface area contributed by atoms with Gasteiger partial charge in [-0.05, 0) is 25.1 Å². The molecule has 0 aliphatic carbocycles. The first-order chi connectivity index (χ1) is 12.0. The molecule has 1 aliphatic rings. The van der Waals surface area contributed by atoms with E-state index >= 15 is 0 Å². The molecule has 1 N–H and O–H groups in total. The summed E-state index contributed by atoms with van der Waals surface area (Å²) < 4.78 is 4.92. The summed E-state index contributed by atoms with van der Waals surface area (Å²) in [6.07, 6.45) is -0.666. The van der Waals surface area contributed by atoms with Gasteiger partial charge < -0.3 is 19.9 Å². The molecule has 1 fully saturated rings. The largest absolute Gasteiger partial charge is 0.450 e. The van der Waals surface area contributed by atoms with Crippen LogP contribution >= 0.6 is 0 Å². The second kappa shape index (κ2) is 8.68. The predicted octanol–water partition coefficient (Wildman–Crippen LogP) is 1.19. The molecule has 0 unspecified atom stereocenters. The molecule has 2 rings (SSSR count). The van der Waals surface area contributed by atoms with Crippen molar-refractivity contribution >= 4 is 23.6 Å². The van der Waals surface area contributed by atoms with Crippen LogP contribution in [0.5, 0.6) is 0 Å². The fourth-order valence-corrected chi connectivity index (χ4v) is 2.47. The van der Waals surface area contributed by atoms with Gasteiger partial charge in [-0.1, -0.05) is 6.07 Å². The summed E-state index contributed by atoms with van der Waals surface area (Å²) in [6, 6.07) is 8.47. The molecule has 0 spiro atoms. The highest BCUT2D eigenvalue weighted by Crippen LogP contribution is 2.11. The number of nitrogens with one attached hydrogen (secondary N) is 1. The first-order valence-electron chi connectivity index (χ1n) is 8.03. The molecule has 0 saturated carbocycles. The lowest BCUT2D eigenvalue weighted by atomic mass is 10.2. The second-order valence-corrected chi connectivity index (χ2v) is 5.48. The molecule has 0 atom stereocenters. The number of nitriles is 1. The van der Waals surface area contributed by atoms with Gasteiger partial charge in [0.25, 0.3) is 0 Å². The highest BCUT2D eigenvalue weighted by atomic mass is 16.6. The molecule has 132 valence electrons. The Morgan fingerprint density at radius 1 is 1.20 bits per heavy atom. The number of ether oxygens (including phenoxy) is 1. The van der Waals surface area contributed by atoms with E-state index in [2.05, 4.69) is 5.32 Å². The predicted molar refractivity (Wildman–Crippen MR) is 89.6 cm³/mol. The van der Waals surface area contributed by atoms with Crippen molar-refractivity contribution in [1.29, 1.82) is 5.26 Å². The average molecular weight is 344 g/mol. The maximum atomic E-state index is 12.2. The summed E-state index contributed by atoms with van der Waals surface area (Å²) in [5.41, 5.74) is 0.906. The number of nitrogens with zero attached hydrogens (tertiary/aromatic N) is 3. The van der Waals surface area contributed by atoms with E-state index in [-0.39, 0.29) is 18.4 Å². The third kappa shape index (κ3) is 5.21. The minimum Gasteiger partial charge on any atom is -0.450 e. The maximum Gasteiger partial charge on any atom is 0.409 e. The Balaban J connectivity index is 1.81. The van der Waals surface area contributed by atoms with Crippen molar-refractivity contribution in [2.24, 2.45) is 0 Å². The average Bonchev–Trinajstić information content (AvgIpc) is 2.62. The summed E-state index contributed by atoms with van der Waals surface area (Å²) in [6.45, 7) is 3.56. The quantitative estimate of drug-likeness (QED) is 0.827. The Labute approximate surface area is 146 Å². The number of carbonyl (C=O) groups excluding carboxylic acids is 3. The lowest BCUT2D eigenvalue weighted by molar-refractivity contribution is -0.135. The van der Waals surface area contributed by atoms with Crippen molar-refractivity contribution in [1.82, 2.24) is 9.80 Å². The van der Waals surface area contributed by atoms with E-state index in [0.29, 0.717) is 44.0 Å². The molecule has 0 bridgehead atoms. The van der Waals surface area contributed by atoms with Crippen LogP contribution in [0.2, 0.25) is 0 Å². The van der Waals surface area contributed by atoms with Crippen LogP contribution in [0.4, 0.5) is 10.5 Å². The number of piperazine rings is 1. The van der Waals surface area contributed by atoms with E-state index in [9.17, 15) is 14.4 Å². The van der Waals surface area contributed by atoms with E-state index in [4.69, 9.17) is 10.00 Å². The lowest BCUT2D eigenvalue weighted by Gasteiger charge is -2.34. The zero-order valence-corrected chi connectivity index (χ0v) is 14.0. The van der Waals surface area contributed by atoms with Crippen LogP contribution in [-0.4, -0.2) is 60.5 Å². The van der Waals surface area contributed by atoms with Gasteiger partial charge in [-0.15, -0.1) is 0 Å². The Morgan fingerprint density at radius 2 is 1.88 bits per heavy atom. The Morgan fingerprint density at radius 3 is 2.52 bits per heavy atom. The summed E-state index contributed by atoms with van der Waals surface area (Å²) in [4.78, 5) is 38.9. The van der Waals surface area contributed by atoms with Crippen LogP contribution in [-0.2, 0) is 14.3 Å². The molecule has 1 saturated heterocycles. The number of rotatable bonds is 4. The fourth-order valence-electron chi connectivity index (χ4n) is 2.47. The first kappa shape index (κ1) is 18.3. The number of hydrogen-bond acceptors (Lipinski definition) is 5. The van der Waals surface area contributed by atoms with Gasteiger partial charge in [0.2, 0.25) is 11.8 Å². The molecule has 0 aromatic heterocycles. The van der Waals surface area contributed by atoms with Gasteiger partial charge in [-0.2, -0.15) is 5.26 Å². The van der Waals surface area contributed by atoms with Crippen LogP contribution < -0.4 is 5.32 Å². The van der Waals surface area contributed by atoms with Crippen molar-refractivity contribution in [2.75, 3.05) is 38.1 Å². The highest BCUT2D eigenvalue weighted by Gasteiger charge is 2.25. The summed E-state index contributed by atoms with van der Waals surface area (Å²) >= 11 is 0. The first-order valence-corrected chi connectivity index (χ1v) is 8.03. The number of benzene rings is 1. The number of anilines is 1. The molecule has 3 amide bonds. The maximum absolute atomic E-state index is 12.2. The van der Waals surface area contributed by atoms with Crippen molar-refractivity contribution in [3.8, 4) is 6.07 Å². The molecule has 8 heteroatoms. The Kier molecular flexibility index (Phi) is 6.34. The SMILES string of the molecule is CCOC(=O)N1CCN(C(=O)CC(=O)Nc2cccc(C#N)c2)CC1. The molecule has 1 aromatic carbocycles. The molecule has 1 heterocycles. The van der Waals surface area contributed by atoms with Crippen LogP contribution in [0.15, 0.2) is 24.3 Å². The third-order valence-corrected chi connectivity index (χ3v) is 3.75. The standard InChI is InChI=1S/C17H20N4O4/c1-2-25-17(24)21-8-6-20(7-9-21)16(23)11-15(22)19-14-5-3-4-13(10-14)12-18/h3-5,10H,2,6-9,11H2,1H3,(H,19,22). The molecule has 25 heavy (non-hydrogen) atoms. The molecule has 0 radical (unpaired) electrons. The topological polar surface area (TPSA) is 103 Å². The number of carbonyl (C=O) groups is 3. The van der Waals surface area contributed by atoms with Crippen molar-refractivity contribution < 1.29 is 19.1 Å².